The largest absolute Gasteiger partial charge is 0.465 e. The molecule has 0 aliphatic carbocycles. The summed E-state index contributed by atoms with van der Waals surface area (Å²) >= 11 is 0. The Bertz CT molecular complexity index is 1000. The van der Waals surface area contributed by atoms with Crippen LogP contribution in [0.3, 0.4) is 0 Å². The summed E-state index contributed by atoms with van der Waals surface area (Å²) in [6.45, 7) is 1.25. The molecule has 2 aromatic carbocycles. The van der Waals surface area contributed by atoms with Crippen LogP contribution in [0.4, 0.5) is 5.69 Å². The van der Waals surface area contributed by atoms with Gasteiger partial charge in [0, 0.05) is 17.9 Å². The van der Waals surface area contributed by atoms with Gasteiger partial charge in [0.1, 0.15) is 0 Å². The lowest BCUT2D eigenvalue weighted by atomic mass is 10.2. The highest BCUT2D eigenvalue weighted by Crippen LogP contribution is 2.32. The van der Waals surface area contributed by atoms with E-state index in [1.54, 1.807) is 42.5 Å². The minimum Gasteiger partial charge on any atom is -0.465 e. The number of carbonyl (C=O) groups is 2. The Labute approximate surface area is 179 Å². The number of fused-ring (bicyclic) bond motifs is 1. The molecular formula is C22H23N3O6. The molecular weight excluding hydrogens is 402 g/mol. The lowest BCUT2D eigenvalue weighted by Crippen LogP contribution is -2.36. The van der Waals surface area contributed by atoms with Gasteiger partial charge in [-0.2, -0.15) is 0 Å². The number of carbonyl (C=O) groups excluding carboxylic acids is 2. The Morgan fingerprint density at radius 2 is 2.00 bits per heavy atom. The van der Waals surface area contributed by atoms with Gasteiger partial charge in [-0.3, -0.25) is 10.1 Å². The molecule has 162 valence electrons. The normalized spacial score (nSPS) is 17.3. The van der Waals surface area contributed by atoms with E-state index < -0.39 is 5.97 Å². The summed E-state index contributed by atoms with van der Waals surface area (Å²) in [4.78, 5) is 29.2. The topological polar surface area (TPSA) is 107 Å². The van der Waals surface area contributed by atoms with E-state index in [4.69, 9.17) is 18.9 Å². The molecule has 1 fully saturated rings. The number of guanidine groups is 1. The highest BCUT2D eigenvalue weighted by Gasteiger charge is 2.19. The molecule has 0 radical (unpaired) electrons. The van der Waals surface area contributed by atoms with Crippen LogP contribution in [0.5, 0.6) is 11.5 Å². The zero-order valence-electron chi connectivity index (χ0n) is 17.1. The SMILES string of the molecule is COC(=O)c1cccc(NC(=NCC2CCCO2)NC(=O)c2ccc3c(c2)OCO3)c1. The molecule has 0 bridgehead atoms. The number of anilines is 1. The highest BCUT2D eigenvalue weighted by molar-refractivity contribution is 6.10. The van der Waals surface area contributed by atoms with Crippen molar-refractivity contribution in [3.8, 4) is 11.5 Å². The smallest absolute Gasteiger partial charge is 0.337 e. The van der Waals surface area contributed by atoms with Crippen LogP contribution in [-0.4, -0.2) is 51.0 Å². The van der Waals surface area contributed by atoms with Gasteiger partial charge in [-0.25, -0.2) is 9.79 Å². The first-order chi connectivity index (χ1) is 15.1. The average molecular weight is 425 g/mol. The molecule has 2 heterocycles. The van der Waals surface area contributed by atoms with Crippen LogP contribution in [0.1, 0.15) is 33.6 Å². The lowest BCUT2D eigenvalue weighted by Gasteiger charge is -2.14. The van der Waals surface area contributed by atoms with E-state index >= 15 is 0 Å². The molecule has 1 unspecified atom stereocenters. The quantitative estimate of drug-likeness (QED) is 0.431. The molecule has 2 aliphatic heterocycles. The number of ether oxygens (including phenoxy) is 4. The number of hydrogen-bond acceptors (Lipinski definition) is 7. The van der Waals surface area contributed by atoms with Gasteiger partial charge >= 0.3 is 5.97 Å². The number of nitrogens with one attached hydrogen (secondary N) is 2. The number of rotatable bonds is 5. The number of amides is 1. The summed E-state index contributed by atoms with van der Waals surface area (Å²) < 4.78 is 21.0. The summed E-state index contributed by atoms with van der Waals surface area (Å²) in [6.07, 6.45) is 1.93. The van der Waals surface area contributed by atoms with E-state index in [0.29, 0.717) is 41.5 Å². The van der Waals surface area contributed by atoms with Crippen LogP contribution >= 0.6 is 0 Å². The van der Waals surface area contributed by atoms with Gasteiger partial charge in [0.25, 0.3) is 5.91 Å². The zero-order valence-corrected chi connectivity index (χ0v) is 17.1. The van der Waals surface area contributed by atoms with Crippen molar-refractivity contribution in [2.24, 2.45) is 4.99 Å². The molecule has 2 N–H and O–H groups in total. The number of aliphatic imine (C=N–C) groups is 1. The van der Waals surface area contributed by atoms with Crippen LogP contribution in [-0.2, 0) is 9.47 Å². The van der Waals surface area contributed by atoms with Crippen molar-refractivity contribution >= 4 is 23.5 Å². The van der Waals surface area contributed by atoms with Crippen molar-refractivity contribution in [2.75, 3.05) is 32.4 Å². The fourth-order valence-electron chi connectivity index (χ4n) is 3.29. The van der Waals surface area contributed by atoms with Gasteiger partial charge in [-0.05, 0) is 49.2 Å². The Kier molecular flexibility index (Phi) is 6.32. The monoisotopic (exact) mass is 425 g/mol. The third kappa shape index (κ3) is 5.13. The minimum atomic E-state index is -0.453. The molecule has 4 rings (SSSR count). The second kappa shape index (κ2) is 9.48. The molecule has 2 aromatic rings. The zero-order chi connectivity index (χ0) is 21.6. The first-order valence-corrected chi connectivity index (χ1v) is 9.95. The van der Waals surface area contributed by atoms with Crippen LogP contribution in [0, 0.1) is 0 Å². The minimum absolute atomic E-state index is 0.0145. The maximum atomic E-state index is 12.8. The lowest BCUT2D eigenvalue weighted by molar-refractivity contribution is 0.0600. The van der Waals surface area contributed by atoms with Gasteiger partial charge in [0.15, 0.2) is 11.5 Å². The Balaban J connectivity index is 1.52. The van der Waals surface area contributed by atoms with Gasteiger partial charge in [0.2, 0.25) is 12.8 Å². The van der Waals surface area contributed by atoms with Crippen molar-refractivity contribution < 1.29 is 28.5 Å². The number of hydrogen-bond donors (Lipinski definition) is 2. The summed E-state index contributed by atoms with van der Waals surface area (Å²) in [5, 5.41) is 5.87. The van der Waals surface area contributed by atoms with E-state index in [2.05, 4.69) is 15.6 Å². The highest BCUT2D eigenvalue weighted by atomic mass is 16.7. The second-order valence-electron chi connectivity index (χ2n) is 7.04. The summed E-state index contributed by atoms with van der Waals surface area (Å²) in [6, 6.07) is 11.7. The van der Waals surface area contributed by atoms with Crippen LogP contribution in [0.15, 0.2) is 47.5 Å². The second-order valence-corrected chi connectivity index (χ2v) is 7.04. The molecule has 0 aromatic heterocycles. The molecule has 9 nitrogen and oxygen atoms in total. The average Bonchev–Trinajstić information content (AvgIpc) is 3.48. The Morgan fingerprint density at radius 1 is 1.13 bits per heavy atom. The summed E-state index contributed by atoms with van der Waals surface area (Å²) in [5.74, 6) is 0.554. The third-order valence-corrected chi connectivity index (χ3v) is 4.89. The van der Waals surface area contributed by atoms with Gasteiger partial charge in [-0.1, -0.05) is 6.07 Å². The molecule has 31 heavy (non-hydrogen) atoms. The first-order valence-electron chi connectivity index (χ1n) is 9.95. The molecule has 2 aliphatic rings. The molecule has 0 saturated carbocycles. The van der Waals surface area contributed by atoms with Crippen molar-refractivity contribution in [1.82, 2.24) is 5.32 Å². The molecule has 0 spiro atoms. The molecule has 1 saturated heterocycles. The summed E-state index contributed by atoms with van der Waals surface area (Å²) in [5.41, 5.74) is 1.37. The third-order valence-electron chi connectivity index (χ3n) is 4.89. The standard InChI is InChI=1S/C22H23N3O6/c1-28-21(27)15-4-2-5-16(10-15)24-22(23-12-17-6-3-9-29-17)25-20(26)14-7-8-18-19(11-14)31-13-30-18/h2,4-5,7-8,10-11,17H,3,6,9,12-13H2,1H3,(H2,23,24,25,26). The molecule has 1 atom stereocenters. The maximum Gasteiger partial charge on any atom is 0.337 e. The fraction of sp³-hybridized carbons (Fsp3) is 0.318. The maximum absolute atomic E-state index is 12.8. The first kappa shape index (κ1) is 20.7. The summed E-state index contributed by atoms with van der Waals surface area (Å²) in [7, 11) is 1.32. The number of nitrogens with zero attached hydrogens (tertiary/aromatic N) is 1. The molecule has 9 heteroatoms. The van der Waals surface area contributed by atoms with E-state index in [1.165, 1.54) is 7.11 Å². The van der Waals surface area contributed by atoms with E-state index in [0.717, 1.165) is 12.8 Å². The van der Waals surface area contributed by atoms with Gasteiger partial charge in [0.05, 0.1) is 25.3 Å². The van der Waals surface area contributed by atoms with E-state index in [-0.39, 0.29) is 24.8 Å². The predicted octanol–water partition coefficient (Wildman–Crippen LogP) is 2.58. The van der Waals surface area contributed by atoms with Crippen LogP contribution in [0.2, 0.25) is 0 Å². The van der Waals surface area contributed by atoms with Crippen molar-refractivity contribution in [3.05, 3.63) is 53.6 Å². The van der Waals surface area contributed by atoms with Crippen molar-refractivity contribution in [2.45, 2.75) is 18.9 Å². The predicted molar refractivity (Wildman–Crippen MR) is 113 cm³/mol. The number of benzene rings is 2. The number of esters is 1. The van der Waals surface area contributed by atoms with Crippen LogP contribution < -0.4 is 20.1 Å². The van der Waals surface area contributed by atoms with E-state index in [9.17, 15) is 9.59 Å². The Morgan fingerprint density at radius 3 is 2.81 bits per heavy atom. The van der Waals surface area contributed by atoms with Crippen LogP contribution in [0.25, 0.3) is 0 Å². The van der Waals surface area contributed by atoms with Crippen molar-refractivity contribution in [1.29, 1.82) is 0 Å². The number of methoxy groups -OCH3 is 1. The van der Waals surface area contributed by atoms with E-state index in [1.807, 2.05) is 0 Å². The van der Waals surface area contributed by atoms with Gasteiger partial charge < -0.3 is 24.3 Å². The fourth-order valence-corrected chi connectivity index (χ4v) is 3.29. The van der Waals surface area contributed by atoms with Gasteiger partial charge in [-0.15, -0.1) is 0 Å². The molecule has 1 amide bonds. The van der Waals surface area contributed by atoms with Crippen molar-refractivity contribution in [3.63, 3.8) is 0 Å². The Hall–Kier alpha value is -3.59.